The van der Waals surface area contributed by atoms with Crippen LogP contribution in [0.25, 0.3) is 0 Å². The molecule has 0 spiro atoms. The lowest BCUT2D eigenvalue weighted by Crippen LogP contribution is -2.33. The molecule has 2 N–H and O–H groups in total. The molecule has 0 radical (unpaired) electrons. The fourth-order valence-electron chi connectivity index (χ4n) is 2.33. The maximum atomic E-state index is 12.3. The van der Waals surface area contributed by atoms with Gasteiger partial charge in [0.25, 0.3) is 5.91 Å². The van der Waals surface area contributed by atoms with Crippen LogP contribution in [-0.4, -0.2) is 24.2 Å². The first-order valence-electron chi connectivity index (χ1n) is 7.42. The number of aliphatic hydroxyl groups is 1. The van der Waals surface area contributed by atoms with E-state index in [1.807, 2.05) is 11.4 Å². The van der Waals surface area contributed by atoms with Gasteiger partial charge in [0.05, 0.1) is 6.61 Å². The van der Waals surface area contributed by atoms with Gasteiger partial charge in [0, 0.05) is 18.5 Å². The molecule has 0 aromatic carbocycles. The Bertz CT molecular complexity index is 500. The van der Waals surface area contributed by atoms with Crippen molar-refractivity contribution in [1.29, 1.82) is 0 Å². The highest BCUT2D eigenvalue weighted by Gasteiger charge is 2.19. The molecular weight excluding hydrogens is 282 g/mol. The maximum Gasteiger partial charge on any atom is 0.262 e. The van der Waals surface area contributed by atoms with Gasteiger partial charge in [-0.15, -0.1) is 11.3 Å². The summed E-state index contributed by atoms with van der Waals surface area (Å²) in [6, 6.07) is 1.85. The molecule has 0 unspecified atom stereocenters. The molecule has 1 aromatic heterocycles. The minimum absolute atomic E-state index is 0.0448. The van der Waals surface area contributed by atoms with Crippen LogP contribution < -0.4 is 5.32 Å². The van der Waals surface area contributed by atoms with Crippen LogP contribution in [0.3, 0.4) is 0 Å². The van der Waals surface area contributed by atoms with E-state index >= 15 is 0 Å². The van der Waals surface area contributed by atoms with E-state index in [-0.39, 0.29) is 12.5 Å². The average Bonchev–Trinajstić information content (AvgIpc) is 2.86. The van der Waals surface area contributed by atoms with Gasteiger partial charge in [-0.1, -0.05) is 39.5 Å². The molecule has 0 aliphatic carbocycles. The SMILES string of the molecule is CC(C)C(CNC(=O)c1sccc1C#CCCO)C(C)C. The normalized spacial score (nSPS) is 10.9. The van der Waals surface area contributed by atoms with E-state index < -0.39 is 0 Å². The fourth-order valence-corrected chi connectivity index (χ4v) is 3.09. The third-order valence-corrected chi connectivity index (χ3v) is 4.46. The molecule has 0 aliphatic heterocycles. The number of rotatable bonds is 6. The zero-order chi connectivity index (χ0) is 15.8. The summed E-state index contributed by atoms with van der Waals surface area (Å²) >= 11 is 1.41. The van der Waals surface area contributed by atoms with Crippen LogP contribution in [0.4, 0.5) is 0 Å². The van der Waals surface area contributed by atoms with Crippen LogP contribution >= 0.6 is 11.3 Å². The zero-order valence-corrected chi connectivity index (χ0v) is 14.1. The van der Waals surface area contributed by atoms with Gasteiger partial charge in [-0.25, -0.2) is 0 Å². The van der Waals surface area contributed by atoms with Crippen molar-refractivity contribution in [3.05, 3.63) is 21.9 Å². The monoisotopic (exact) mass is 307 g/mol. The number of hydrogen-bond acceptors (Lipinski definition) is 3. The van der Waals surface area contributed by atoms with Gasteiger partial charge in [-0.3, -0.25) is 4.79 Å². The van der Waals surface area contributed by atoms with Crippen LogP contribution in [-0.2, 0) is 0 Å². The Morgan fingerprint density at radius 3 is 2.57 bits per heavy atom. The predicted molar refractivity (Wildman–Crippen MR) is 88.4 cm³/mol. The molecule has 0 bridgehead atoms. The van der Waals surface area contributed by atoms with Gasteiger partial charge in [-0.2, -0.15) is 0 Å². The van der Waals surface area contributed by atoms with E-state index in [1.165, 1.54) is 11.3 Å². The lowest BCUT2D eigenvalue weighted by atomic mass is 9.85. The molecule has 0 saturated heterocycles. The third kappa shape index (κ3) is 5.53. The minimum atomic E-state index is -0.0513. The molecule has 1 aromatic rings. The van der Waals surface area contributed by atoms with E-state index in [1.54, 1.807) is 0 Å². The van der Waals surface area contributed by atoms with Crippen molar-refractivity contribution in [1.82, 2.24) is 5.32 Å². The Kier molecular flexibility index (Phi) is 7.49. The second-order valence-electron chi connectivity index (χ2n) is 5.80. The smallest absolute Gasteiger partial charge is 0.262 e. The summed E-state index contributed by atoms with van der Waals surface area (Å²) < 4.78 is 0. The molecule has 0 atom stereocenters. The predicted octanol–water partition coefficient (Wildman–Crippen LogP) is 3.14. The maximum absolute atomic E-state index is 12.3. The topological polar surface area (TPSA) is 49.3 Å². The molecule has 1 heterocycles. The van der Waals surface area contributed by atoms with Crippen molar-refractivity contribution in [2.45, 2.75) is 34.1 Å². The minimum Gasteiger partial charge on any atom is -0.395 e. The van der Waals surface area contributed by atoms with Crippen LogP contribution in [0.2, 0.25) is 0 Å². The van der Waals surface area contributed by atoms with Crippen molar-refractivity contribution in [2.75, 3.05) is 13.2 Å². The number of hydrogen-bond donors (Lipinski definition) is 2. The molecule has 1 amide bonds. The molecule has 0 aliphatic rings. The molecular formula is C17H25NO2S. The summed E-state index contributed by atoms with van der Waals surface area (Å²) in [6.45, 7) is 9.49. The largest absolute Gasteiger partial charge is 0.395 e. The summed E-state index contributed by atoms with van der Waals surface area (Å²) in [4.78, 5) is 13.0. The highest BCUT2D eigenvalue weighted by molar-refractivity contribution is 7.12. The lowest BCUT2D eigenvalue weighted by Gasteiger charge is -2.24. The number of nitrogens with one attached hydrogen (secondary N) is 1. The van der Waals surface area contributed by atoms with E-state index in [0.717, 1.165) is 5.56 Å². The highest BCUT2D eigenvalue weighted by atomic mass is 32.1. The molecule has 0 saturated carbocycles. The van der Waals surface area contributed by atoms with Crippen molar-refractivity contribution < 1.29 is 9.90 Å². The van der Waals surface area contributed by atoms with Crippen LogP contribution in [0.5, 0.6) is 0 Å². The summed E-state index contributed by atoms with van der Waals surface area (Å²) in [7, 11) is 0. The summed E-state index contributed by atoms with van der Waals surface area (Å²) in [6.07, 6.45) is 0.430. The quantitative estimate of drug-likeness (QED) is 0.793. The first-order chi connectivity index (χ1) is 9.97. The van der Waals surface area contributed by atoms with E-state index in [0.29, 0.717) is 35.6 Å². The molecule has 0 fully saturated rings. The van der Waals surface area contributed by atoms with Crippen molar-refractivity contribution in [3.8, 4) is 11.8 Å². The summed E-state index contributed by atoms with van der Waals surface area (Å²) in [5.41, 5.74) is 0.747. The number of carbonyl (C=O) groups excluding carboxylic acids is 1. The van der Waals surface area contributed by atoms with Crippen molar-refractivity contribution in [3.63, 3.8) is 0 Å². The second kappa shape index (κ2) is 8.86. The second-order valence-corrected chi connectivity index (χ2v) is 6.72. The van der Waals surface area contributed by atoms with Crippen molar-refractivity contribution >= 4 is 17.2 Å². The third-order valence-electron chi connectivity index (χ3n) is 3.54. The van der Waals surface area contributed by atoms with Gasteiger partial charge < -0.3 is 10.4 Å². The molecule has 1 rings (SSSR count). The van der Waals surface area contributed by atoms with Crippen LogP contribution in [0, 0.1) is 29.6 Å². The molecule has 21 heavy (non-hydrogen) atoms. The van der Waals surface area contributed by atoms with Gasteiger partial charge in [0.1, 0.15) is 4.88 Å². The average molecular weight is 307 g/mol. The Morgan fingerprint density at radius 1 is 1.33 bits per heavy atom. The standard InChI is InChI=1S/C17H25NO2S/c1-12(2)15(13(3)4)11-18-17(20)16-14(8-10-21-16)7-5-6-9-19/h8,10,12-13,15,19H,6,9,11H2,1-4H3,(H,18,20). The van der Waals surface area contributed by atoms with Crippen LogP contribution in [0.1, 0.15) is 49.4 Å². The van der Waals surface area contributed by atoms with E-state index in [9.17, 15) is 4.79 Å². The summed E-state index contributed by atoms with van der Waals surface area (Å²) in [5.74, 6) is 7.31. The van der Waals surface area contributed by atoms with E-state index in [2.05, 4.69) is 44.9 Å². The Hall–Kier alpha value is -1.31. The molecule has 4 heteroatoms. The molecule has 3 nitrogen and oxygen atoms in total. The zero-order valence-electron chi connectivity index (χ0n) is 13.3. The van der Waals surface area contributed by atoms with Gasteiger partial charge in [0.2, 0.25) is 0 Å². The Morgan fingerprint density at radius 2 is 2.00 bits per heavy atom. The first-order valence-corrected chi connectivity index (χ1v) is 8.30. The van der Waals surface area contributed by atoms with Gasteiger partial charge in [-0.05, 0) is 29.2 Å². The van der Waals surface area contributed by atoms with E-state index in [4.69, 9.17) is 5.11 Å². The summed E-state index contributed by atoms with van der Waals surface area (Å²) in [5, 5.41) is 13.7. The lowest BCUT2D eigenvalue weighted by molar-refractivity contribution is 0.0941. The van der Waals surface area contributed by atoms with Gasteiger partial charge in [0.15, 0.2) is 0 Å². The Balaban J connectivity index is 2.69. The number of aliphatic hydroxyl groups excluding tert-OH is 1. The van der Waals surface area contributed by atoms with Gasteiger partial charge >= 0.3 is 0 Å². The van der Waals surface area contributed by atoms with Crippen molar-refractivity contribution in [2.24, 2.45) is 17.8 Å². The Labute approximate surface area is 131 Å². The van der Waals surface area contributed by atoms with Crippen LogP contribution in [0.15, 0.2) is 11.4 Å². The number of carbonyl (C=O) groups is 1. The molecule has 116 valence electrons. The first kappa shape index (κ1) is 17.7. The highest BCUT2D eigenvalue weighted by Crippen LogP contribution is 2.20. The fraction of sp³-hybridized carbons (Fsp3) is 0.588. The number of amides is 1. The number of thiophene rings is 1.